The van der Waals surface area contributed by atoms with Gasteiger partial charge < -0.3 is 20.1 Å². The highest BCUT2D eigenvalue weighted by Gasteiger charge is 2.29. The quantitative estimate of drug-likeness (QED) is 0.768. The maximum atomic E-state index is 13.6. The molecule has 2 rings (SSSR count). The molecule has 0 aromatic heterocycles. The second-order valence-electron chi connectivity index (χ2n) is 7.36. The average molecular weight is 399 g/mol. The summed E-state index contributed by atoms with van der Waals surface area (Å²) in [5.41, 5.74) is -0.0441. The lowest BCUT2D eigenvalue weighted by Crippen LogP contribution is -2.49. The summed E-state index contributed by atoms with van der Waals surface area (Å²) in [5.74, 6) is 0.558. The van der Waals surface area contributed by atoms with Crippen molar-refractivity contribution in [2.75, 3.05) is 18.6 Å². The Morgan fingerprint density at radius 2 is 2.15 bits per heavy atom. The number of fused-ring (bicyclic) bond motifs is 1. The lowest BCUT2D eigenvalue weighted by molar-refractivity contribution is -0.124. The molecule has 1 heterocycles. The summed E-state index contributed by atoms with van der Waals surface area (Å²) in [5, 5.41) is 5.56. The third kappa shape index (κ3) is 6.61. The van der Waals surface area contributed by atoms with Gasteiger partial charge in [-0.25, -0.2) is 9.18 Å². The summed E-state index contributed by atoms with van der Waals surface area (Å²) in [7, 11) is 0. The highest BCUT2D eigenvalue weighted by atomic mass is 32.2. The first-order chi connectivity index (χ1) is 12.7. The van der Waals surface area contributed by atoms with Crippen molar-refractivity contribution in [3.05, 3.63) is 29.6 Å². The predicted octanol–water partition coefficient (Wildman–Crippen LogP) is 3.41. The number of ether oxygens (including phenoxy) is 2. The molecule has 0 saturated carbocycles. The number of hydrogen-bond donors (Lipinski definition) is 2. The van der Waals surface area contributed by atoms with Crippen molar-refractivity contribution in [3.8, 4) is 5.75 Å². The minimum atomic E-state index is -0.729. The molecular weight excluding hydrogens is 371 g/mol. The van der Waals surface area contributed by atoms with Crippen LogP contribution in [0.5, 0.6) is 5.75 Å². The fourth-order valence-electron chi connectivity index (χ4n) is 2.74. The van der Waals surface area contributed by atoms with E-state index in [1.54, 1.807) is 38.6 Å². The third-order valence-electron chi connectivity index (χ3n) is 3.95. The van der Waals surface area contributed by atoms with Crippen LogP contribution in [0.3, 0.4) is 0 Å². The van der Waals surface area contributed by atoms with Crippen LogP contribution >= 0.6 is 11.8 Å². The van der Waals surface area contributed by atoms with Gasteiger partial charge in [-0.2, -0.15) is 11.8 Å². The monoisotopic (exact) mass is 398 g/mol. The van der Waals surface area contributed by atoms with E-state index in [1.165, 1.54) is 12.1 Å². The number of nitrogens with one attached hydrogen (secondary N) is 2. The van der Waals surface area contributed by atoms with Gasteiger partial charge >= 0.3 is 6.09 Å². The Labute approximate surface area is 163 Å². The Bertz CT molecular complexity index is 678. The number of thioether (sulfide) groups is 1. The average Bonchev–Trinajstić information content (AvgIpc) is 2.57. The van der Waals surface area contributed by atoms with Crippen molar-refractivity contribution >= 4 is 23.8 Å². The molecule has 0 fully saturated rings. The Morgan fingerprint density at radius 3 is 2.81 bits per heavy atom. The number of benzene rings is 1. The fraction of sp³-hybridized carbons (Fsp3) is 0.579. The molecule has 2 atom stereocenters. The van der Waals surface area contributed by atoms with Gasteiger partial charge in [-0.15, -0.1) is 0 Å². The topological polar surface area (TPSA) is 76.7 Å². The van der Waals surface area contributed by atoms with Crippen LogP contribution in [0.4, 0.5) is 9.18 Å². The number of amides is 2. The number of halogens is 1. The molecule has 0 spiro atoms. The van der Waals surface area contributed by atoms with Crippen LogP contribution < -0.4 is 15.4 Å². The highest BCUT2D eigenvalue weighted by Crippen LogP contribution is 2.32. The van der Waals surface area contributed by atoms with E-state index >= 15 is 0 Å². The molecule has 1 aliphatic rings. The first kappa shape index (κ1) is 21.3. The van der Waals surface area contributed by atoms with Gasteiger partial charge in [-0.1, -0.05) is 0 Å². The van der Waals surface area contributed by atoms with E-state index in [0.717, 1.165) is 0 Å². The summed E-state index contributed by atoms with van der Waals surface area (Å²) in [6.07, 6.45) is 2.29. The van der Waals surface area contributed by atoms with Crippen molar-refractivity contribution in [1.82, 2.24) is 10.6 Å². The minimum absolute atomic E-state index is 0.322. The second-order valence-corrected chi connectivity index (χ2v) is 8.35. The molecule has 27 heavy (non-hydrogen) atoms. The number of rotatable bonds is 6. The Morgan fingerprint density at radius 1 is 1.41 bits per heavy atom. The molecule has 1 aromatic carbocycles. The van der Waals surface area contributed by atoms with Crippen LogP contribution in [0.25, 0.3) is 0 Å². The minimum Gasteiger partial charge on any atom is -0.493 e. The number of alkyl carbamates (subject to hydrolysis) is 1. The molecule has 2 N–H and O–H groups in total. The molecule has 2 amide bonds. The second kappa shape index (κ2) is 9.30. The maximum Gasteiger partial charge on any atom is 0.408 e. The van der Waals surface area contributed by atoms with Crippen LogP contribution in [0.1, 0.15) is 45.2 Å². The number of carbonyl (C=O) groups excluding carboxylic acids is 2. The van der Waals surface area contributed by atoms with Gasteiger partial charge in [0.05, 0.1) is 12.6 Å². The summed E-state index contributed by atoms with van der Waals surface area (Å²) in [6.45, 7) is 5.71. The zero-order chi connectivity index (χ0) is 20.0. The number of carbonyl (C=O) groups is 2. The lowest BCUT2D eigenvalue weighted by atomic mass is 9.99. The molecule has 2 unspecified atom stereocenters. The Hall–Kier alpha value is -1.96. The standard InChI is InChI=1S/C19H27FN2O4S/c1-19(2,3)26-18(24)22-15(8-10-27-4)17(23)21-14-7-9-25-16-6-5-12(20)11-13(14)16/h5-6,11,14-15H,7-10H2,1-4H3,(H,21,23)(H,22,24). The molecule has 0 saturated heterocycles. The van der Waals surface area contributed by atoms with Gasteiger partial charge in [0.1, 0.15) is 23.2 Å². The van der Waals surface area contributed by atoms with Crippen LogP contribution in [-0.2, 0) is 9.53 Å². The van der Waals surface area contributed by atoms with Gasteiger partial charge in [0.2, 0.25) is 5.91 Å². The van der Waals surface area contributed by atoms with E-state index in [0.29, 0.717) is 36.5 Å². The normalized spacial score (nSPS) is 17.3. The molecule has 0 radical (unpaired) electrons. The van der Waals surface area contributed by atoms with E-state index < -0.39 is 17.7 Å². The zero-order valence-electron chi connectivity index (χ0n) is 16.1. The van der Waals surface area contributed by atoms with E-state index in [9.17, 15) is 14.0 Å². The van der Waals surface area contributed by atoms with E-state index in [-0.39, 0.29) is 17.8 Å². The zero-order valence-corrected chi connectivity index (χ0v) is 17.0. The molecule has 0 bridgehead atoms. The van der Waals surface area contributed by atoms with E-state index in [2.05, 4.69) is 10.6 Å². The van der Waals surface area contributed by atoms with Gasteiger partial charge in [-0.3, -0.25) is 4.79 Å². The highest BCUT2D eigenvalue weighted by molar-refractivity contribution is 7.98. The van der Waals surface area contributed by atoms with Crippen LogP contribution in [0, 0.1) is 5.82 Å². The van der Waals surface area contributed by atoms with Crippen molar-refractivity contribution in [2.45, 2.75) is 51.3 Å². The molecule has 150 valence electrons. The van der Waals surface area contributed by atoms with Gasteiger partial charge in [-0.05, 0) is 57.4 Å². The van der Waals surface area contributed by atoms with Crippen molar-refractivity contribution in [3.63, 3.8) is 0 Å². The summed E-state index contributed by atoms with van der Waals surface area (Å²) in [4.78, 5) is 24.9. The smallest absolute Gasteiger partial charge is 0.408 e. The summed E-state index contributed by atoms with van der Waals surface area (Å²) >= 11 is 1.58. The van der Waals surface area contributed by atoms with Crippen LogP contribution in [0.15, 0.2) is 18.2 Å². The van der Waals surface area contributed by atoms with Crippen LogP contribution in [0.2, 0.25) is 0 Å². The number of hydrogen-bond acceptors (Lipinski definition) is 5. The molecule has 1 aromatic rings. The molecule has 1 aliphatic heterocycles. The van der Waals surface area contributed by atoms with Gasteiger partial charge in [0.15, 0.2) is 0 Å². The maximum absolute atomic E-state index is 13.6. The van der Waals surface area contributed by atoms with Crippen LogP contribution in [-0.4, -0.2) is 42.3 Å². The lowest BCUT2D eigenvalue weighted by Gasteiger charge is -2.29. The van der Waals surface area contributed by atoms with Crippen molar-refractivity contribution in [1.29, 1.82) is 0 Å². The Kier molecular flexibility index (Phi) is 7.35. The first-order valence-corrected chi connectivity index (χ1v) is 10.3. The molecular formula is C19H27FN2O4S. The largest absolute Gasteiger partial charge is 0.493 e. The van der Waals surface area contributed by atoms with Gasteiger partial charge in [0, 0.05) is 12.0 Å². The molecule has 8 heteroatoms. The summed E-state index contributed by atoms with van der Waals surface area (Å²) < 4.78 is 24.4. The fourth-order valence-corrected chi connectivity index (χ4v) is 3.21. The van der Waals surface area contributed by atoms with E-state index in [4.69, 9.17) is 9.47 Å². The Balaban J connectivity index is 2.08. The SMILES string of the molecule is CSCCC(NC(=O)OC(C)(C)C)C(=O)NC1CCOc2ccc(F)cc21. The predicted molar refractivity (Wildman–Crippen MR) is 104 cm³/mol. The molecule has 0 aliphatic carbocycles. The van der Waals surface area contributed by atoms with Gasteiger partial charge in [0.25, 0.3) is 0 Å². The van der Waals surface area contributed by atoms with E-state index in [1.807, 2.05) is 6.26 Å². The third-order valence-corrected chi connectivity index (χ3v) is 4.59. The molecule has 6 nitrogen and oxygen atoms in total. The van der Waals surface area contributed by atoms with Crippen molar-refractivity contribution in [2.24, 2.45) is 0 Å². The first-order valence-electron chi connectivity index (χ1n) is 8.90. The van der Waals surface area contributed by atoms with Crippen molar-refractivity contribution < 1.29 is 23.5 Å². The summed E-state index contributed by atoms with van der Waals surface area (Å²) in [6, 6.07) is 3.17.